The van der Waals surface area contributed by atoms with E-state index in [-0.39, 0.29) is 5.82 Å². The Balaban J connectivity index is 1.61. The molecule has 1 aliphatic rings. The number of nitrogens with zero attached hydrogens (tertiary/aromatic N) is 1. The maximum Gasteiger partial charge on any atom is 0.123 e. The second-order valence-electron chi connectivity index (χ2n) is 6.09. The Morgan fingerprint density at radius 2 is 1.90 bits per heavy atom. The average Bonchev–Trinajstić information content (AvgIpc) is 2.48. The molecule has 1 heterocycles. The molecule has 1 saturated heterocycles. The smallest absolute Gasteiger partial charge is 0.123 e. The first kappa shape index (κ1) is 16.4. The number of ether oxygens (including phenoxy) is 1. The maximum atomic E-state index is 12.8. The quantitative estimate of drug-likeness (QED) is 0.837. The summed E-state index contributed by atoms with van der Waals surface area (Å²) in [4.78, 5) is 2.49. The van der Waals surface area contributed by atoms with Crippen LogP contribution in [0.3, 0.4) is 0 Å². The molecule has 1 N–H and O–H groups in total. The molecule has 1 fully saturated rings. The molecule has 0 radical (unpaired) electrons. The van der Waals surface area contributed by atoms with Gasteiger partial charge in [0.05, 0.1) is 12.7 Å². The molecule has 0 amide bonds. The number of halogens is 1. The van der Waals surface area contributed by atoms with E-state index in [0.717, 1.165) is 44.6 Å². The Labute approximate surface area is 127 Å². The number of likely N-dealkylation sites (tertiary alicyclic amines) is 1. The summed E-state index contributed by atoms with van der Waals surface area (Å²) in [6, 6.07) is 7.12. The predicted octanol–water partition coefficient (Wildman–Crippen LogP) is 2.80. The first-order valence-electron chi connectivity index (χ1n) is 7.95. The minimum Gasteiger partial charge on any atom is -0.373 e. The van der Waals surface area contributed by atoms with Crippen molar-refractivity contribution in [1.29, 1.82) is 0 Å². The third-order valence-corrected chi connectivity index (χ3v) is 3.91. The lowest BCUT2D eigenvalue weighted by molar-refractivity contribution is -0.00224. The lowest BCUT2D eigenvalue weighted by atomic mass is 10.1. The van der Waals surface area contributed by atoms with Gasteiger partial charge in [-0.25, -0.2) is 4.39 Å². The fraction of sp³-hybridized carbons (Fsp3) is 0.647. The van der Waals surface area contributed by atoms with Crippen LogP contribution in [0.4, 0.5) is 4.39 Å². The Hall–Kier alpha value is -0.970. The van der Waals surface area contributed by atoms with E-state index >= 15 is 0 Å². The van der Waals surface area contributed by atoms with E-state index in [1.165, 1.54) is 12.1 Å². The van der Waals surface area contributed by atoms with Gasteiger partial charge in [0.25, 0.3) is 0 Å². The molecule has 0 saturated carbocycles. The van der Waals surface area contributed by atoms with Gasteiger partial charge in [0.2, 0.25) is 0 Å². The molecular weight excluding hydrogens is 267 g/mol. The summed E-state index contributed by atoms with van der Waals surface area (Å²) in [5.74, 6) is -0.193. The van der Waals surface area contributed by atoms with Crippen molar-refractivity contribution in [3.8, 4) is 0 Å². The molecular formula is C17H27FN2O. The van der Waals surface area contributed by atoms with Crippen LogP contribution < -0.4 is 5.32 Å². The molecule has 0 bridgehead atoms. The summed E-state index contributed by atoms with van der Waals surface area (Å²) < 4.78 is 18.8. The van der Waals surface area contributed by atoms with Crippen LogP contribution >= 0.6 is 0 Å². The van der Waals surface area contributed by atoms with Crippen molar-refractivity contribution in [3.05, 3.63) is 35.6 Å². The lowest BCUT2D eigenvalue weighted by Gasteiger charge is -2.32. The molecule has 118 valence electrons. The highest BCUT2D eigenvalue weighted by atomic mass is 19.1. The number of benzene rings is 1. The molecule has 1 aromatic rings. The minimum absolute atomic E-state index is 0.193. The molecule has 21 heavy (non-hydrogen) atoms. The van der Waals surface area contributed by atoms with E-state index in [1.807, 2.05) is 0 Å². The second kappa shape index (κ2) is 8.47. The summed E-state index contributed by atoms with van der Waals surface area (Å²) in [5, 5.41) is 3.45. The topological polar surface area (TPSA) is 24.5 Å². The highest BCUT2D eigenvalue weighted by molar-refractivity contribution is 5.15. The van der Waals surface area contributed by atoms with Crippen molar-refractivity contribution in [3.63, 3.8) is 0 Å². The van der Waals surface area contributed by atoms with Crippen LogP contribution in [-0.2, 0) is 11.3 Å². The van der Waals surface area contributed by atoms with E-state index in [1.54, 1.807) is 12.1 Å². The number of rotatable bonds is 7. The third-order valence-electron chi connectivity index (χ3n) is 3.91. The zero-order chi connectivity index (χ0) is 15.1. The summed E-state index contributed by atoms with van der Waals surface area (Å²) in [5.41, 5.74) is 1.04. The monoisotopic (exact) mass is 294 g/mol. The van der Waals surface area contributed by atoms with Crippen molar-refractivity contribution in [2.45, 2.75) is 45.4 Å². The van der Waals surface area contributed by atoms with Gasteiger partial charge in [0.15, 0.2) is 0 Å². The molecule has 4 heteroatoms. The van der Waals surface area contributed by atoms with Crippen LogP contribution in [0.2, 0.25) is 0 Å². The van der Waals surface area contributed by atoms with E-state index in [4.69, 9.17) is 4.74 Å². The van der Waals surface area contributed by atoms with Crippen LogP contribution in [0.5, 0.6) is 0 Å². The van der Waals surface area contributed by atoms with Gasteiger partial charge in [-0.15, -0.1) is 0 Å². The number of hydrogen-bond acceptors (Lipinski definition) is 3. The highest BCUT2D eigenvalue weighted by Gasteiger charge is 2.19. The van der Waals surface area contributed by atoms with Crippen molar-refractivity contribution in [2.24, 2.45) is 0 Å². The fourth-order valence-corrected chi connectivity index (χ4v) is 2.61. The standard InChI is InChI=1S/C17H27FN2O/c1-14(2)19-9-12-20-10-7-17(8-11-20)21-13-15-3-5-16(18)6-4-15/h3-6,14,17,19H,7-13H2,1-2H3. The van der Waals surface area contributed by atoms with Crippen molar-refractivity contribution < 1.29 is 9.13 Å². The van der Waals surface area contributed by atoms with Gasteiger partial charge in [-0.3, -0.25) is 0 Å². The van der Waals surface area contributed by atoms with Gasteiger partial charge in [0, 0.05) is 32.2 Å². The van der Waals surface area contributed by atoms with E-state index in [9.17, 15) is 4.39 Å². The van der Waals surface area contributed by atoms with Gasteiger partial charge in [-0.05, 0) is 30.5 Å². The van der Waals surface area contributed by atoms with Gasteiger partial charge in [-0.2, -0.15) is 0 Å². The lowest BCUT2D eigenvalue weighted by Crippen LogP contribution is -2.41. The Bertz CT molecular complexity index is 400. The molecule has 0 aromatic heterocycles. The Kier molecular flexibility index (Phi) is 6.61. The van der Waals surface area contributed by atoms with Gasteiger partial charge in [0.1, 0.15) is 5.82 Å². The van der Waals surface area contributed by atoms with E-state index in [2.05, 4.69) is 24.1 Å². The summed E-state index contributed by atoms with van der Waals surface area (Å²) in [7, 11) is 0. The molecule has 0 aliphatic carbocycles. The predicted molar refractivity (Wildman–Crippen MR) is 83.8 cm³/mol. The average molecular weight is 294 g/mol. The molecule has 1 aromatic carbocycles. The summed E-state index contributed by atoms with van der Waals surface area (Å²) in [6.07, 6.45) is 2.51. The third kappa shape index (κ3) is 6.12. The zero-order valence-electron chi connectivity index (χ0n) is 13.1. The van der Waals surface area contributed by atoms with Crippen LogP contribution in [0.15, 0.2) is 24.3 Å². The second-order valence-corrected chi connectivity index (χ2v) is 6.09. The first-order chi connectivity index (χ1) is 10.1. The van der Waals surface area contributed by atoms with E-state index < -0.39 is 0 Å². The van der Waals surface area contributed by atoms with Crippen LogP contribution in [0.1, 0.15) is 32.3 Å². The molecule has 0 spiro atoms. The van der Waals surface area contributed by atoms with Crippen molar-refractivity contribution in [2.75, 3.05) is 26.2 Å². The minimum atomic E-state index is -0.193. The van der Waals surface area contributed by atoms with Crippen molar-refractivity contribution in [1.82, 2.24) is 10.2 Å². The molecule has 1 aliphatic heterocycles. The summed E-state index contributed by atoms with van der Waals surface area (Å²) >= 11 is 0. The van der Waals surface area contributed by atoms with Gasteiger partial charge in [-0.1, -0.05) is 26.0 Å². The molecule has 0 atom stereocenters. The summed E-state index contributed by atoms with van der Waals surface area (Å²) in [6.45, 7) is 9.31. The van der Waals surface area contributed by atoms with Crippen molar-refractivity contribution >= 4 is 0 Å². The molecule has 3 nitrogen and oxygen atoms in total. The fourth-order valence-electron chi connectivity index (χ4n) is 2.61. The number of hydrogen-bond donors (Lipinski definition) is 1. The van der Waals surface area contributed by atoms with Crippen LogP contribution in [-0.4, -0.2) is 43.2 Å². The normalized spacial score (nSPS) is 17.5. The highest BCUT2D eigenvalue weighted by Crippen LogP contribution is 2.15. The molecule has 0 unspecified atom stereocenters. The SMILES string of the molecule is CC(C)NCCN1CCC(OCc2ccc(F)cc2)CC1. The van der Waals surface area contributed by atoms with Crippen LogP contribution in [0.25, 0.3) is 0 Å². The van der Waals surface area contributed by atoms with Gasteiger partial charge >= 0.3 is 0 Å². The molecule has 2 rings (SSSR count). The van der Waals surface area contributed by atoms with Gasteiger partial charge < -0.3 is 15.0 Å². The maximum absolute atomic E-state index is 12.8. The first-order valence-corrected chi connectivity index (χ1v) is 7.95. The Morgan fingerprint density at radius 1 is 1.24 bits per heavy atom. The number of nitrogens with one attached hydrogen (secondary N) is 1. The van der Waals surface area contributed by atoms with E-state index in [0.29, 0.717) is 18.8 Å². The zero-order valence-corrected chi connectivity index (χ0v) is 13.1. The number of piperidine rings is 1. The Morgan fingerprint density at radius 3 is 2.52 bits per heavy atom. The largest absolute Gasteiger partial charge is 0.373 e. The van der Waals surface area contributed by atoms with Crippen LogP contribution in [0, 0.1) is 5.82 Å².